The van der Waals surface area contributed by atoms with E-state index in [1.54, 1.807) is 0 Å². The summed E-state index contributed by atoms with van der Waals surface area (Å²) in [4.78, 5) is 22.9. The van der Waals surface area contributed by atoms with Crippen LogP contribution >= 0.6 is 0 Å². The Morgan fingerprint density at radius 1 is 1.14 bits per heavy atom. The minimum Gasteiger partial charge on any atom is -0.364 e. The van der Waals surface area contributed by atoms with Gasteiger partial charge in [-0.2, -0.15) is 0 Å². The number of pyridine rings is 1. The number of hydrogen-bond acceptors (Lipinski definition) is 7. The van der Waals surface area contributed by atoms with Gasteiger partial charge in [0.1, 0.15) is 0 Å². The van der Waals surface area contributed by atoms with Crippen LogP contribution in [0.2, 0.25) is 0 Å². The number of aryl methyl sites for hydroxylation is 1. The molecule has 0 radical (unpaired) electrons. The molecule has 1 unspecified atom stereocenters. The first-order valence-electron chi connectivity index (χ1n) is 13.4. The average molecular weight is 487 g/mol. The molecule has 0 amide bonds. The van der Waals surface area contributed by atoms with Crippen molar-refractivity contribution in [1.82, 2.24) is 24.7 Å². The Kier molecular flexibility index (Phi) is 6.00. The summed E-state index contributed by atoms with van der Waals surface area (Å²) < 4.78 is 8.08. The maximum atomic E-state index is 7.95. The molecule has 0 bridgehead atoms. The van der Waals surface area contributed by atoms with Crippen LogP contribution < -0.4 is 9.80 Å². The van der Waals surface area contributed by atoms with Crippen LogP contribution in [0.25, 0.3) is 16.0 Å². The Morgan fingerprint density at radius 2 is 2.00 bits per heavy atom. The lowest BCUT2D eigenvalue weighted by Crippen LogP contribution is -2.39. The first-order valence-corrected chi connectivity index (χ1v) is 13.4. The van der Waals surface area contributed by atoms with Gasteiger partial charge in [0.2, 0.25) is 17.0 Å². The first-order chi connectivity index (χ1) is 17.6. The van der Waals surface area contributed by atoms with E-state index in [1.165, 1.54) is 6.42 Å². The lowest BCUT2D eigenvalue weighted by Gasteiger charge is -2.39. The summed E-state index contributed by atoms with van der Waals surface area (Å²) in [6, 6.07) is 4.06. The molecule has 0 spiro atoms. The minimum absolute atomic E-state index is 0.168. The molecule has 188 valence electrons. The highest BCUT2D eigenvalue weighted by atomic mass is 16.5. The number of hydrogen-bond donors (Lipinski definition) is 0. The third kappa shape index (κ3) is 3.97. The maximum Gasteiger partial charge on any atom is 0.313 e. The SMILES string of the molecule is [C-]#[N+]c1nc2c(N3CCCc4ncccc43)nn(C3CCCCO3)c2nc1N1CCC(C)(CC)CC1. The fourth-order valence-corrected chi connectivity index (χ4v) is 5.73. The Balaban J connectivity index is 1.48. The van der Waals surface area contributed by atoms with Crippen molar-refractivity contribution in [3.8, 4) is 0 Å². The predicted molar refractivity (Wildman–Crippen MR) is 140 cm³/mol. The monoisotopic (exact) mass is 486 g/mol. The smallest absolute Gasteiger partial charge is 0.313 e. The van der Waals surface area contributed by atoms with Gasteiger partial charge in [0, 0.05) is 32.4 Å². The highest BCUT2D eigenvalue weighted by molar-refractivity contribution is 5.90. The Morgan fingerprint density at radius 3 is 2.75 bits per heavy atom. The van der Waals surface area contributed by atoms with Gasteiger partial charge in [0.05, 0.1) is 11.4 Å². The number of piperidine rings is 1. The summed E-state index contributed by atoms with van der Waals surface area (Å²) in [6.07, 6.45) is 10.0. The molecule has 3 aliphatic rings. The van der Waals surface area contributed by atoms with Gasteiger partial charge in [-0.25, -0.2) is 9.67 Å². The van der Waals surface area contributed by atoms with Crippen molar-refractivity contribution in [1.29, 1.82) is 0 Å². The lowest BCUT2D eigenvalue weighted by atomic mass is 9.78. The highest BCUT2D eigenvalue weighted by Gasteiger charge is 2.34. The topological polar surface area (TPSA) is 76.6 Å². The van der Waals surface area contributed by atoms with Crippen LogP contribution in [0.15, 0.2) is 18.3 Å². The van der Waals surface area contributed by atoms with Crippen molar-refractivity contribution in [3.63, 3.8) is 0 Å². The summed E-state index contributed by atoms with van der Waals surface area (Å²) in [6.45, 7) is 15.9. The van der Waals surface area contributed by atoms with E-state index in [0.29, 0.717) is 28.2 Å². The van der Waals surface area contributed by atoms with Gasteiger partial charge >= 0.3 is 5.82 Å². The normalized spacial score (nSPS) is 21.9. The number of fused-ring (bicyclic) bond motifs is 2. The first kappa shape index (κ1) is 23.2. The highest BCUT2D eigenvalue weighted by Crippen LogP contribution is 2.41. The van der Waals surface area contributed by atoms with Gasteiger partial charge < -0.3 is 19.4 Å². The van der Waals surface area contributed by atoms with Crippen LogP contribution in [-0.4, -0.2) is 51.0 Å². The molecule has 9 nitrogen and oxygen atoms in total. The second-order valence-electron chi connectivity index (χ2n) is 10.6. The van der Waals surface area contributed by atoms with Crippen molar-refractivity contribution in [3.05, 3.63) is 35.4 Å². The van der Waals surface area contributed by atoms with Crippen LogP contribution in [0.5, 0.6) is 0 Å². The Bertz CT molecular complexity index is 1300. The Hall–Kier alpha value is -3.25. The number of ether oxygens (including phenoxy) is 1. The van der Waals surface area contributed by atoms with Crippen molar-refractivity contribution in [2.75, 3.05) is 36.0 Å². The molecule has 0 saturated carbocycles. The van der Waals surface area contributed by atoms with Crippen LogP contribution in [-0.2, 0) is 11.2 Å². The fourth-order valence-electron chi connectivity index (χ4n) is 5.73. The van der Waals surface area contributed by atoms with Crippen LogP contribution in [0.3, 0.4) is 0 Å². The molecular formula is C27H34N8O. The largest absolute Gasteiger partial charge is 0.364 e. The van der Waals surface area contributed by atoms with Crippen molar-refractivity contribution in [2.45, 2.75) is 71.4 Å². The zero-order chi connectivity index (χ0) is 24.7. The maximum absolute atomic E-state index is 7.95. The number of anilines is 3. The summed E-state index contributed by atoms with van der Waals surface area (Å²) >= 11 is 0. The van der Waals surface area contributed by atoms with Gasteiger partial charge in [-0.15, -0.1) is 10.1 Å². The van der Waals surface area contributed by atoms with E-state index in [4.69, 9.17) is 26.4 Å². The quantitative estimate of drug-likeness (QED) is 0.446. The van der Waals surface area contributed by atoms with Crippen molar-refractivity contribution >= 4 is 34.3 Å². The number of nitrogens with zero attached hydrogens (tertiary/aromatic N) is 8. The van der Waals surface area contributed by atoms with E-state index in [9.17, 15) is 0 Å². The van der Waals surface area contributed by atoms with E-state index in [1.807, 2.05) is 16.9 Å². The van der Waals surface area contributed by atoms with E-state index in [-0.39, 0.29) is 6.23 Å². The molecule has 36 heavy (non-hydrogen) atoms. The zero-order valence-corrected chi connectivity index (χ0v) is 21.3. The molecule has 0 aromatic carbocycles. The van der Waals surface area contributed by atoms with Crippen LogP contribution in [0, 0.1) is 12.0 Å². The van der Waals surface area contributed by atoms with E-state index < -0.39 is 0 Å². The van der Waals surface area contributed by atoms with E-state index >= 15 is 0 Å². The van der Waals surface area contributed by atoms with Gasteiger partial charge in [0.15, 0.2) is 12.0 Å². The van der Waals surface area contributed by atoms with Crippen LogP contribution in [0.1, 0.15) is 70.7 Å². The number of aromatic nitrogens is 5. The summed E-state index contributed by atoms with van der Waals surface area (Å²) in [5, 5.41) is 5.08. The molecule has 9 heteroatoms. The second-order valence-corrected chi connectivity index (χ2v) is 10.6. The molecule has 3 aromatic rings. The van der Waals surface area contributed by atoms with Crippen molar-refractivity contribution < 1.29 is 4.74 Å². The third-order valence-corrected chi connectivity index (χ3v) is 8.34. The van der Waals surface area contributed by atoms with Gasteiger partial charge in [-0.05, 0) is 62.5 Å². The molecule has 0 N–H and O–H groups in total. The molecule has 1 atom stereocenters. The number of rotatable bonds is 4. The zero-order valence-electron chi connectivity index (χ0n) is 21.3. The van der Waals surface area contributed by atoms with E-state index in [0.717, 1.165) is 88.4 Å². The molecule has 3 aliphatic heterocycles. The lowest BCUT2D eigenvalue weighted by molar-refractivity contribution is -0.0368. The Labute approximate surface area is 212 Å². The minimum atomic E-state index is -0.168. The summed E-state index contributed by atoms with van der Waals surface area (Å²) in [7, 11) is 0. The van der Waals surface area contributed by atoms with E-state index in [2.05, 4.69) is 39.5 Å². The molecule has 2 fully saturated rings. The van der Waals surface area contributed by atoms with Crippen LogP contribution in [0.4, 0.5) is 23.1 Å². The standard InChI is InChI=1S/C27H34N8O/c1-4-27(2)12-16-33(17-13-27)26-23(28-3)30-22-24(31-26)35(21-11-5-6-18-36-21)32-25(22)34-15-8-9-19-20(34)10-7-14-29-19/h7,10,14,21H,4-6,8-9,11-13,15-18H2,1-2H3. The summed E-state index contributed by atoms with van der Waals surface area (Å²) in [5.41, 5.74) is 3.87. The van der Waals surface area contributed by atoms with Gasteiger partial charge in [-0.3, -0.25) is 4.98 Å². The molecule has 0 aliphatic carbocycles. The molecule has 6 heterocycles. The van der Waals surface area contributed by atoms with Crippen molar-refractivity contribution in [2.24, 2.45) is 5.41 Å². The average Bonchev–Trinajstić information content (AvgIpc) is 3.31. The second kappa shape index (κ2) is 9.32. The molecule has 3 aromatic heterocycles. The third-order valence-electron chi connectivity index (χ3n) is 8.34. The van der Waals surface area contributed by atoms with Gasteiger partial charge in [0.25, 0.3) is 0 Å². The summed E-state index contributed by atoms with van der Waals surface area (Å²) in [5.74, 6) is 1.78. The predicted octanol–water partition coefficient (Wildman–Crippen LogP) is 5.57. The fraction of sp³-hybridized carbons (Fsp3) is 0.593. The molecular weight excluding hydrogens is 452 g/mol. The molecule has 6 rings (SSSR count). The molecule has 2 saturated heterocycles. The van der Waals surface area contributed by atoms with Gasteiger partial charge in [-0.1, -0.05) is 26.8 Å².